The van der Waals surface area contributed by atoms with Crippen LogP contribution in [0.4, 0.5) is 5.00 Å². The number of hydrogen-bond acceptors (Lipinski definition) is 3. The molecule has 0 unspecified atom stereocenters. The number of benzene rings is 1. The molecule has 0 saturated heterocycles. The smallest absolute Gasteiger partial charge is 0.258 e. The van der Waals surface area contributed by atoms with Crippen molar-refractivity contribution in [2.24, 2.45) is 0 Å². The van der Waals surface area contributed by atoms with Gasteiger partial charge in [0.05, 0.1) is 4.92 Å². The Morgan fingerprint density at radius 1 is 1.12 bits per heavy atom. The lowest BCUT2D eigenvalue weighted by Gasteiger charge is -1.87. The molecule has 0 bridgehead atoms. The molecule has 0 spiro atoms. The summed E-state index contributed by atoms with van der Waals surface area (Å²) in [7, 11) is 0. The van der Waals surface area contributed by atoms with Gasteiger partial charge in [0.25, 0.3) is 0 Å². The highest BCUT2D eigenvalue weighted by Gasteiger charge is 2.12. The molecular weight excluding hydrogens is 222 g/mol. The van der Waals surface area contributed by atoms with E-state index in [4.69, 9.17) is 0 Å². The molecule has 16 heavy (non-hydrogen) atoms. The van der Waals surface area contributed by atoms with Crippen molar-refractivity contribution in [3.63, 3.8) is 0 Å². The number of hydrogen-bond donors (Lipinski definition) is 0. The summed E-state index contributed by atoms with van der Waals surface area (Å²) in [4.78, 5) is 10.2. The fourth-order valence-corrected chi connectivity index (χ4v) is 1.86. The van der Waals surface area contributed by atoms with Crippen LogP contribution in [0.15, 0.2) is 41.8 Å². The predicted octanol–water partition coefficient (Wildman–Crippen LogP) is 3.06. The minimum Gasteiger partial charge on any atom is -0.258 e. The molecule has 0 radical (unpaired) electrons. The average molecular weight is 229 g/mol. The molecule has 1 aromatic heterocycles. The third kappa shape index (κ3) is 2.27. The van der Waals surface area contributed by atoms with Crippen molar-refractivity contribution in [1.82, 2.24) is 0 Å². The molecule has 0 aliphatic rings. The monoisotopic (exact) mass is 229 g/mol. The lowest BCUT2D eigenvalue weighted by molar-refractivity contribution is -0.380. The summed E-state index contributed by atoms with van der Waals surface area (Å²) in [6, 6.07) is 11.1. The van der Waals surface area contributed by atoms with E-state index in [2.05, 4.69) is 11.8 Å². The van der Waals surface area contributed by atoms with Crippen LogP contribution in [0.3, 0.4) is 0 Å². The Balaban J connectivity index is 2.31. The third-order valence-corrected chi connectivity index (χ3v) is 2.79. The van der Waals surface area contributed by atoms with Gasteiger partial charge in [-0.1, -0.05) is 41.4 Å². The molecule has 0 amide bonds. The summed E-state index contributed by atoms with van der Waals surface area (Å²) in [5.41, 5.74) is 1.32. The molecule has 1 heterocycles. The number of rotatable bonds is 1. The van der Waals surface area contributed by atoms with Crippen molar-refractivity contribution in [2.75, 3.05) is 0 Å². The van der Waals surface area contributed by atoms with Gasteiger partial charge >= 0.3 is 5.00 Å². The lowest BCUT2D eigenvalue weighted by Crippen LogP contribution is -1.86. The molecule has 78 valence electrons. The first kappa shape index (κ1) is 10.4. The van der Waals surface area contributed by atoms with E-state index in [0.717, 1.165) is 16.9 Å². The summed E-state index contributed by atoms with van der Waals surface area (Å²) in [6.07, 6.45) is 0. The van der Waals surface area contributed by atoms with Gasteiger partial charge in [-0.2, -0.15) is 0 Å². The fourth-order valence-electron chi connectivity index (χ4n) is 1.20. The van der Waals surface area contributed by atoms with Gasteiger partial charge in [0.15, 0.2) is 0 Å². The van der Waals surface area contributed by atoms with Gasteiger partial charge in [-0.3, -0.25) is 10.1 Å². The van der Waals surface area contributed by atoms with E-state index < -0.39 is 4.92 Å². The maximum atomic E-state index is 10.6. The van der Waals surface area contributed by atoms with Crippen LogP contribution >= 0.6 is 11.3 Å². The van der Waals surface area contributed by atoms with Gasteiger partial charge < -0.3 is 0 Å². The molecule has 0 N–H and O–H groups in total. The highest BCUT2D eigenvalue weighted by molar-refractivity contribution is 7.13. The standard InChI is InChI=1S/C12H7NO2S/c14-13(15)12-11(8-9-16-12)7-6-10-4-2-1-3-5-10/h1-5,8-9H. The topological polar surface area (TPSA) is 43.1 Å². The summed E-state index contributed by atoms with van der Waals surface area (Å²) >= 11 is 1.09. The Morgan fingerprint density at radius 3 is 2.56 bits per heavy atom. The maximum Gasteiger partial charge on any atom is 0.339 e. The van der Waals surface area contributed by atoms with Crippen molar-refractivity contribution >= 4 is 16.3 Å². The zero-order valence-corrected chi connectivity index (χ0v) is 9.03. The molecule has 4 heteroatoms. The Bertz CT molecular complexity index is 563. The van der Waals surface area contributed by atoms with Crippen LogP contribution in [0.2, 0.25) is 0 Å². The van der Waals surface area contributed by atoms with Gasteiger partial charge in [-0.05, 0) is 23.6 Å². The first-order chi connectivity index (χ1) is 7.77. The molecule has 0 atom stereocenters. The number of nitro groups is 1. The second kappa shape index (κ2) is 4.60. The van der Waals surface area contributed by atoms with Gasteiger partial charge in [-0.15, -0.1) is 0 Å². The van der Waals surface area contributed by atoms with E-state index in [1.54, 1.807) is 11.4 Å². The lowest BCUT2D eigenvalue weighted by atomic mass is 10.2. The number of nitrogens with zero attached hydrogens (tertiary/aromatic N) is 1. The molecule has 2 rings (SSSR count). The van der Waals surface area contributed by atoms with Crippen LogP contribution in [0.5, 0.6) is 0 Å². The summed E-state index contributed by atoms with van der Waals surface area (Å²) < 4.78 is 0. The highest BCUT2D eigenvalue weighted by atomic mass is 32.1. The molecule has 0 saturated carbocycles. The minimum atomic E-state index is -0.403. The van der Waals surface area contributed by atoms with E-state index in [0.29, 0.717) is 5.56 Å². The van der Waals surface area contributed by atoms with E-state index in [1.165, 1.54) is 0 Å². The molecule has 0 aliphatic carbocycles. The maximum absolute atomic E-state index is 10.6. The Hall–Kier alpha value is -2.12. The van der Waals surface area contributed by atoms with Crippen molar-refractivity contribution in [1.29, 1.82) is 0 Å². The van der Waals surface area contributed by atoms with Crippen molar-refractivity contribution in [2.45, 2.75) is 0 Å². The van der Waals surface area contributed by atoms with Crippen LogP contribution in [-0.2, 0) is 0 Å². The van der Waals surface area contributed by atoms with E-state index in [9.17, 15) is 10.1 Å². The highest BCUT2D eigenvalue weighted by Crippen LogP contribution is 2.24. The van der Waals surface area contributed by atoms with Crippen molar-refractivity contribution in [3.05, 3.63) is 63.0 Å². The fraction of sp³-hybridized carbons (Fsp3) is 0. The van der Waals surface area contributed by atoms with Crippen LogP contribution < -0.4 is 0 Å². The van der Waals surface area contributed by atoms with E-state index >= 15 is 0 Å². The molecule has 0 aliphatic heterocycles. The van der Waals surface area contributed by atoms with Crippen LogP contribution in [0.25, 0.3) is 0 Å². The zero-order valence-electron chi connectivity index (χ0n) is 8.21. The normalized spacial score (nSPS) is 9.25. The van der Waals surface area contributed by atoms with Gasteiger partial charge in [0.1, 0.15) is 5.56 Å². The van der Waals surface area contributed by atoms with Crippen molar-refractivity contribution in [3.8, 4) is 11.8 Å². The summed E-state index contributed by atoms with van der Waals surface area (Å²) in [5, 5.41) is 12.4. The Kier molecular flexibility index (Phi) is 2.99. The van der Waals surface area contributed by atoms with Crippen LogP contribution in [-0.4, -0.2) is 4.92 Å². The molecule has 1 aromatic carbocycles. The minimum absolute atomic E-state index is 0.100. The van der Waals surface area contributed by atoms with Gasteiger partial charge in [0.2, 0.25) is 0 Å². The van der Waals surface area contributed by atoms with Gasteiger partial charge in [0, 0.05) is 5.56 Å². The Labute approximate surface area is 96.5 Å². The SMILES string of the molecule is O=[N+]([O-])c1sccc1C#Cc1ccccc1. The largest absolute Gasteiger partial charge is 0.339 e. The Morgan fingerprint density at radius 2 is 1.88 bits per heavy atom. The molecule has 3 nitrogen and oxygen atoms in total. The first-order valence-corrected chi connectivity index (χ1v) is 5.44. The third-order valence-electron chi connectivity index (χ3n) is 1.93. The van der Waals surface area contributed by atoms with Crippen LogP contribution in [0, 0.1) is 22.0 Å². The molecule has 0 fully saturated rings. The first-order valence-electron chi connectivity index (χ1n) is 4.56. The molecular formula is C12H7NO2S. The second-order valence-electron chi connectivity index (χ2n) is 3.01. The second-order valence-corrected chi connectivity index (χ2v) is 3.91. The summed E-state index contributed by atoms with van der Waals surface area (Å²) in [5.74, 6) is 5.70. The molecule has 2 aromatic rings. The van der Waals surface area contributed by atoms with E-state index in [-0.39, 0.29) is 5.00 Å². The quantitative estimate of drug-likeness (QED) is 0.428. The van der Waals surface area contributed by atoms with Crippen molar-refractivity contribution < 1.29 is 4.92 Å². The zero-order chi connectivity index (χ0) is 11.4. The predicted molar refractivity (Wildman–Crippen MR) is 63.4 cm³/mol. The summed E-state index contributed by atoms with van der Waals surface area (Å²) in [6.45, 7) is 0. The average Bonchev–Trinajstić information content (AvgIpc) is 2.76. The van der Waals surface area contributed by atoms with Crippen LogP contribution in [0.1, 0.15) is 11.1 Å². The number of thiophene rings is 1. The van der Waals surface area contributed by atoms with E-state index in [1.807, 2.05) is 30.3 Å². The van der Waals surface area contributed by atoms with Gasteiger partial charge in [-0.25, -0.2) is 0 Å².